The first-order valence-corrected chi connectivity index (χ1v) is 12.6. The van der Waals surface area contributed by atoms with Crippen molar-refractivity contribution in [3.63, 3.8) is 0 Å². The van der Waals surface area contributed by atoms with Gasteiger partial charge in [-0.15, -0.1) is 0 Å². The molecule has 1 aromatic heterocycles. The minimum absolute atomic E-state index is 0.135. The lowest BCUT2D eigenvalue weighted by atomic mass is 9.76. The second-order valence-electron chi connectivity index (χ2n) is 11.0. The van der Waals surface area contributed by atoms with Gasteiger partial charge in [0.2, 0.25) is 0 Å². The molecule has 0 atom stereocenters. The zero-order valence-corrected chi connectivity index (χ0v) is 21.6. The first-order chi connectivity index (χ1) is 17.2. The highest BCUT2D eigenvalue weighted by Crippen LogP contribution is 2.42. The summed E-state index contributed by atoms with van der Waals surface area (Å²) in [7, 11) is 0. The van der Waals surface area contributed by atoms with Gasteiger partial charge in [0.15, 0.2) is 0 Å². The van der Waals surface area contributed by atoms with E-state index in [4.69, 9.17) is 21.4 Å². The summed E-state index contributed by atoms with van der Waals surface area (Å²) in [5.74, 6) is -0.342. The third-order valence-corrected chi connectivity index (χ3v) is 7.53. The molecule has 1 aromatic carbocycles. The van der Waals surface area contributed by atoms with Crippen molar-refractivity contribution < 1.29 is 27.5 Å². The molecule has 2 fully saturated rings. The summed E-state index contributed by atoms with van der Waals surface area (Å²) in [5, 5.41) is 7.28. The van der Waals surface area contributed by atoms with E-state index in [9.17, 15) is 22.8 Å². The number of benzene rings is 1. The summed E-state index contributed by atoms with van der Waals surface area (Å²) >= 11 is 6.05. The molecule has 2 aromatic rings. The number of fused-ring (bicyclic) bond motifs is 1. The van der Waals surface area contributed by atoms with Crippen LogP contribution in [-0.4, -0.2) is 56.3 Å². The number of carbonyl (C=O) groups is 2. The van der Waals surface area contributed by atoms with Crippen molar-refractivity contribution in [1.29, 1.82) is 0 Å². The first kappa shape index (κ1) is 25.8. The third kappa shape index (κ3) is 4.90. The first-order valence-electron chi connectivity index (χ1n) is 12.2. The van der Waals surface area contributed by atoms with Crippen molar-refractivity contribution in [3.05, 3.63) is 46.2 Å². The molecular formula is C25H29ClF3N5O3. The quantitative estimate of drug-likeness (QED) is 0.591. The summed E-state index contributed by atoms with van der Waals surface area (Å²) in [6, 6.07) is 3.11. The second-order valence-corrected chi connectivity index (χ2v) is 11.4. The molecule has 1 saturated carbocycles. The van der Waals surface area contributed by atoms with Crippen molar-refractivity contribution in [2.45, 2.75) is 76.5 Å². The van der Waals surface area contributed by atoms with Gasteiger partial charge in [0.05, 0.1) is 22.0 Å². The number of carbonyl (C=O) groups excluding carboxylic acids is 2. The molecule has 3 aliphatic rings. The summed E-state index contributed by atoms with van der Waals surface area (Å²) in [6.07, 6.45) is -0.931. The van der Waals surface area contributed by atoms with Crippen molar-refractivity contribution in [3.8, 4) is 0 Å². The Balaban J connectivity index is 1.22. The Labute approximate surface area is 217 Å². The summed E-state index contributed by atoms with van der Waals surface area (Å²) in [6.45, 7) is 8.01. The number of nitrogens with one attached hydrogen (secondary N) is 1. The smallest absolute Gasteiger partial charge is 0.416 e. The van der Waals surface area contributed by atoms with Gasteiger partial charge in [-0.1, -0.05) is 11.6 Å². The molecule has 2 amide bonds. The fraction of sp³-hybridized carbons (Fsp3) is 0.560. The monoisotopic (exact) mass is 539 g/mol. The van der Waals surface area contributed by atoms with Crippen LogP contribution >= 0.6 is 11.6 Å². The van der Waals surface area contributed by atoms with Crippen LogP contribution in [0.25, 0.3) is 0 Å². The predicted octanol–water partition coefficient (Wildman–Crippen LogP) is 5.01. The van der Waals surface area contributed by atoms with Crippen molar-refractivity contribution >= 4 is 29.3 Å². The van der Waals surface area contributed by atoms with Crippen LogP contribution in [-0.2, 0) is 34.3 Å². The average molecular weight is 540 g/mol. The third-order valence-electron chi connectivity index (χ3n) is 7.22. The van der Waals surface area contributed by atoms with E-state index in [0.717, 1.165) is 29.8 Å². The predicted molar refractivity (Wildman–Crippen MR) is 130 cm³/mol. The number of nitrogens with zero attached hydrogens (tertiary/aromatic N) is 4. The highest BCUT2D eigenvalue weighted by atomic mass is 35.5. The van der Waals surface area contributed by atoms with E-state index in [1.807, 2.05) is 27.0 Å². The van der Waals surface area contributed by atoms with Crippen molar-refractivity contribution in [1.82, 2.24) is 19.6 Å². The topological polar surface area (TPSA) is 79.7 Å². The molecular weight excluding hydrogens is 511 g/mol. The van der Waals surface area contributed by atoms with Crippen LogP contribution in [0.1, 0.15) is 56.9 Å². The Bertz CT molecular complexity index is 1210. The number of hydrogen-bond donors (Lipinski definition) is 1. The van der Waals surface area contributed by atoms with Gasteiger partial charge in [0, 0.05) is 44.0 Å². The number of amides is 2. The lowest BCUT2D eigenvalue weighted by Gasteiger charge is -2.44. The van der Waals surface area contributed by atoms with Crippen LogP contribution in [0.15, 0.2) is 24.4 Å². The lowest BCUT2D eigenvalue weighted by Crippen LogP contribution is -2.60. The standard InChI is InChI=1S/C25H29ClF3N5O3/c1-23(2,3)37-22(36)33-12-17(13-33)32-10-15-11-34(31-20(15)14-32)24(7-4-8-24)21(35)30-19-6-5-16(9-18(19)26)25(27,28)29/h5-6,9,11,17H,4,7-8,10,12-14H2,1-3H3,(H,30,35). The van der Waals surface area contributed by atoms with E-state index < -0.39 is 22.9 Å². The SMILES string of the molecule is CC(C)(C)OC(=O)N1CC(N2Cc3cn(C4(C(=O)Nc5ccc(C(F)(F)F)cc5Cl)CCC4)nc3C2)C1. The fourth-order valence-electron chi connectivity index (χ4n) is 4.92. The van der Waals surface area contributed by atoms with Crippen molar-refractivity contribution in [2.75, 3.05) is 18.4 Å². The summed E-state index contributed by atoms with van der Waals surface area (Å²) in [5.41, 5.74) is -0.244. The number of likely N-dealkylation sites (tertiary alicyclic amines) is 1. The van der Waals surface area contributed by atoms with Gasteiger partial charge in [-0.2, -0.15) is 18.3 Å². The number of anilines is 1. The van der Waals surface area contributed by atoms with Gasteiger partial charge in [0.1, 0.15) is 11.1 Å². The van der Waals surface area contributed by atoms with Gasteiger partial charge in [0.25, 0.3) is 5.91 Å². The maximum absolute atomic E-state index is 13.3. The summed E-state index contributed by atoms with van der Waals surface area (Å²) in [4.78, 5) is 29.5. The van der Waals surface area contributed by atoms with Crippen LogP contribution in [0.3, 0.4) is 0 Å². The molecule has 8 nitrogen and oxygen atoms in total. The fourth-order valence-corrected chi connectivity index (χ4v) is 5.15. The maximum atomic E-state index is 13.3. The molecule has 3 heterocycles. The van der Waals surface area contributed by atoms with Gasteiger partial charge in [-0.3, -0.25) is 14.4 Å². The molecule has 0 unspecified atom stereocenters. The Kier molecular flexibility index (Phi) is 6.22. The molecule has 0 spiro atoms. The minimum atomic E-state index is -4.52. The molecule has 37 heavy (non-hydrogen) atoms. The highest BCUT2D eigenvalue weighted by molar-refractivity contribution is 6.33. The molecule has 1 N–H and O–H groups in total. The Morgan fingerprint density at radius 2 is 1.86 bits per heavy atom. The van der Waals surface area contributed by atoms with E-state index in [1.54, 1.807) is 9.58 Å². The van der Waals surface area contributed by atoms with Crippen LogP contribution in [0.5, 0.6) is 0 Å². The molecule has 1 saturated heterocycles. The van der Waals surface area contributed by atoms with E-state index in [0.29, 0.717) is 39.0 Å². The molecule has 200 valence electrons. The maximum Gasteiger partial charge on any atom is 0.416 e. The highest BCUT2D eigenvalue weighted by Gasteiger charge is 2.48. The molecule has 5 rings (SSSR count). The normalized spacial score (nSPS) is 19.7. The van der Waals surface area contributed by atoms with E-state index >= 15 is 0 Å². The Hall–Kier alpha value is -2.79. The second kappa shape index (κ2) is 8.90. The molecule has 12 heteroatoms. The van der Waals surface area contributed by atoms with Crippen LogP contribution in [0.4, 0.5) is 23.7 Å². The molecule has 1 aliphatic carbocycles. The van der Waals surface area contributed by atoms with Gasteiger partial charge < -0.3 is 15.0 Å². The number of hydrogen-bond acceptors (Lipinski definition) is 5. The Morgan fingerprint density at radius 1 is 1.16 bits per heavy atom. The minimum Gasteiger partial charge on any atom is -0.444 e. The molecule has 0 radical (unpaired) electrons. The van der Waals surface area contributed by atoms with Crippen molar-refractivity contribution in [2.24, 2.45) is 0 Å². The number of halogens is 4. The van der Waals surface area contributed by atoms with Gasteiger partial charge >= 0.3 is 12.3 Å². The summed E-state index contributed by atoms with van der Waals surface area (Å²) < 4.78 is 46.0. The number of aromatic nitrogens is 2. The van der Waals surface area contributed by atoms with E-state index in [2.05, 4.69) is 10.2 Å². The van der Waals surface area contributed by atoms with Crippen LogP contribution in [0, 0.1) is 0 Å². The van der Waals surface area contributed by atoms with Crippen LogP contribution in [0.2, 0.25) is 5.02 Å². The zero-order valence-electron chi connectivity index (χ0n) is 20.9. The zero-order chi connectivity index (χ0) is 26.8. The molecule has 0 bridgehead atoms. The average Bonchev–Trinajstić information content (AvgIpc) is 3.24. The number of rotatable bonds is 4. The van der Waals surface area contributed by atoms with Gasteiger partial charge in [-0.25, -0.2) is 4.79 Å². The number of ether oxygens (including phenoxy) is 1. The van der Waals surface area contributed by atoms with E-state index in [1.165, 1.54) is 6.07 Å². The Morgan fingerprint density at radius 3 is 2.41 bits per heavy atom. The van der Waals surface area contributed by atoms with E-state index in [-0.39, 0.29) is 28.8 Å². The van der Waals surface area contributed by atoms with Gasteiger partial charge in [-0.05, 0) is 58.2 Å². The lowest BCUT2D eigenvalue weighted by molar-refractivity contribution is -0.137. The largest absolute Gasteiger partial charge is 0.444 e. The molecule has 2 aliphatic heterocycles. The number of alkyl halides is 3. The van der Waals surface area contributed by atoms with Crippen LogP contribution < -0.4 is 5.32 Å².